The number of halogens is 4. The third-order valence-corrected chi connectivity index (χ3v) is 5.19. The van der Waals surface area contributed by atoms with Crippen molar-refractivity contribution in [2.75, 3.05) is 6.54 Å². The molecular weight excluding hydrogens is 459 g/mol. The van der Waals surface area contributed by atoms with Gasteiger partial charge >= 0.3 is 6.18 Å². The van der Waals surface area contributed by atoms with E-state index in [1.54, 1.807) is 18.2 Å². The standard InChI is InChI=1S/C22H17ClF3N5O2/c23-15-5-3-4-14(10-15)12-30-13-28-19-17(21(30)33)11-29-31(19)9-8-27-20(32)16-6-1-2-7-18(16)22(24,25)26/h1-7,10-11,13H,8-9,12H2,(H,27,32). The second-order valence-electron chi connectivity index (χ2n) is 7.21. The van der Waals surface area contributed by atoms with Crippen molar-refractivity contribution in [3.63, 3.8) is 0 Å². The summed E-state index contributed by atoms with van der Waals surface area (Å²) < 4.78 is 42.2. The van der Waals surface area contributed by atoms with Gasteiger partial charge in [-0.1, -0.05) is 35.9 Å². The molecule has 0 saturated carbocycles. The van der Waals surface area contributed by atoms with Gasteiger partial charge in [0.15, 0.2) is 5.65 Å². The Kier molecular flexibility index (Phi) is 6.19. The van der Waals surface area contributed by atoms with Crippen LogP contribution < -0.4 is 10.9 Å². The van der Waals surface area contributed by atoms with Gasteiger partial charge in [-0.05, 0) is 29.8 Å². The molecule has 4 rings (SSSR count). The number of fused-ring (bicyclic) bond motifs is 1. The van der Waals surface area contributed by atoms with Crippen LogP contribution in [0.1, 0.15) is 21.5 Å². The lowest BCUT2D eigenvalue weighted by Crippen LogP contribution is -2.29. The van der Waals surface area contributed by atoms with Crippen molar-refractivity contribution in [1.29, 1.82) is 0 Å². The third-order valence-electron chi connectivity index (χ3n) is 4.95. The molecule has 0 bridgehead atoms. The van der Waals surface area contributed by atoms with Crippen LogP contribution in [0.15, 0.2) is 65.8 Å². The van der Waals surface area contributed by atoms with E-state index in [1.807, 2.05) is 6.07 Å². The molecule has 0 spiro atoms. The minimum atomic E-state index is -4.64. The van der Waals surface area contributed by atoms with Crippen molar-refractivity contribution in [2.24, 2.45) is 0 Å². The van der Waals surface area contributed by atoms with Crippen molar-refractivity contribution in [1.82, 2.24) is 24.6 Å². The van der Waals surface area contributed by atoms with Gasteiger partial charge in [-0.15, -0.1) is 0 Å². The van der Waals surface area contributed by atoms with E-state index < -0.39 is 23.2 Å². The van der Waals surface area contributed by atoms with Gasteiger partial charge in [0.1, 0.15) is 11.7 Å². The molecule has 4 aromatic rings. The molecule has 2 heterocycles. The average Bonchev–Trinajstić information content (AvgIpc) is 3.19. The number of amides is 1. The second kappa shape index (κ2) is 9.07. The molecule has 2 aromatic heterocycles. The van der Waals surface area contributed by atoms with Gasteiger partial charge in [-0.3, -0.25) is 14.2 Å². The van der Waals surface area contributed by atoms with Crippen LogP contribution in [-0.4, -0.2) is 31.8 Å². The predicted molar refractivity (Wildman–Crippen MR) is 116 cm³/mol. The zero-order valence-corrected chi connectivity index (χ0v) is 17.8. The highest BCUT2D eigenvalue weighted by molar-refractivity contribution is 6.30. The van der Waals surface area contributed by atoms with E-state index in [9.17, 15) is 22.8 Å². The lowest BCUT2D eigenvalue weighted by molar-refractivity contribution is -0.137. The normalized spacial score (nSPS) is 11.6. The van der Waals surface area contributed by atoms with E-state index in [2.05, 4.69) is 15.4 Å². The molecule has 0 radical (unpaired) electrons. The summed E-state index contributed by atoms with van der Waals surface area (Å²) in [7, 11) is 0. The fraction of sp³-hybridized carbons (Fsp3) is 0.182. The Balaban J connectivity index is 1.47. The highest BCUT2D eigenvalue weighted by atomic mass is 35.5. The van der Waals surface area contributed by atoms with Crippen molar-refractivity contribution >= 4 is 28.5 Å². The lowest BCUT2D eigenvalue weighted by Gasteiger charge is -2.12. The molecule has 0 aliphatic carbocycles. The zero-order valence-electron chi connectivity index (χ0n) is 17.0. The SMILES string of the molecule is O=C(NCCn1ncc2c(=O)n(Cc3cccc(Cl)c3)cnc21)c1ccccc1C(F)(F)F. The van der Waals surface area contributed by atoms with Crippen LogP contribution in [-0.2, 0) is 19.3 Å². The van der Waals surface area contributed by atoms with E-state index in [0.717, 1.165) is 17.7 Å². The number of hydrogen-bond acceptors (Lipinski definition) is 4. The first-order valence-electron chi connectivity index (χ1n) is 9.84. The van der Waals surface area contributed by atoms with Crippen LogP contribution in [0.5, 0.6) is 0 Å². The molecule has 11 heteroatoms. The van der Waals surface area contributed by atoms with Crippen LogP contribution in [0.4, 0.5) is 13.2 Å². The molecule has 0 aliphatic rings. The van der Waals surface area contributed by atoms with Gasteiger partial charge in [-0.2, -0.15) is 18.3 Å². The highest BCUT2D eigenvalue weighted by Gasteiger charge is 2.34. The van der Waals surface area contributed by atoms with Crippen molar-refractivity contribution in [2.45, 2.75) is 19.3 Å². The van der Waals surface area contributed by atoms with Crippen LogP contribution in [0.25, 0.3) is 11.0 Å². The van der Waals surface area contributed by atoms with Gasteiger partial charge in [0.2, 0.25) is 0 Å². The first kappa shape index (κ1) is 22.5. The molecule has 1 amide bonds. The Labute approximate surface area is 190 Å². The molecule has 0 aliphatic heterocycles. The number of aromatic nitrogens is 4. The Bertz CT molecular complexity index is 1380. The van der Waals surface area contributed by atoms with Crippen LogP contribution in [0.3, 0.4) is 0 Å². The predicted octanol–water partition coefficient (Wildman–Crippen LogP) is 3.74. The maximum absolute atomic E-state index is 13.1. The van der Waals surface area contributed by atoms with E-state index in [4.69, 9.17) is 11.6 Å². The summed E-state index contributed by atoms with van der Waals surface area (Å²) in [5.41, 5.74) is -0.618. The monoisotopic (exact) mass is 475 g/mol. The van der Waals surface area contributed by atoms with E-state index in [0.29, 0.717) is 10.7 Å². The summed E-state index contributed by atoms with van der Waals surface area (Å²) in [6.07, 6.45) is -1.87. The number of carbonyl (C=O) groups is 1. The highest BCUT2D eigenvalue weighted by Crippen LogP contribution is 2.31. The second-order valence-corrected chi connectivity index (χ2v) is 7.65. The molecule has 7 nitrogen and oxygen atoms in total. The summed E-state index contributed by atoms with van der Waals surface area (Å²) in [5.74, 6) is -0.851. The molecule has 0 fully saturated rings. The quantitative estimate of drug-likeness (QED) is 0.460. The molecule has 33 heavy (non-hydrogen) atoms. The van der Waals surface area contributed by atoms with Crippen LogP contribution in [0.2, 0.25) is 5.02 Å². The minimum Gasteiger partial charge on any atom is -0.350 e. The fourth-order valence-electron chi connectivity index (χ4n) is 3.40. The van der Waals surface area contributed by atoms with Crippen molar-refractivity contribution in [3.8, 4) is 0 Å². The van der Waals surface area contributed by atoms with E-state index in [-0.39, 0.29) is 30.6 Å². The summed E-state index contributed by atoms with van der Waals surface area (Å²) in [6.45, 7) is 0.394. The topological polar surface area (TPSA) is 81.8 Å². The number of carbonyl (C=O) groups excluding carboxylic acids is 1. The molecule has 1 N–H and O–H groups in total. The number of benzene rings is 2. The number of nitrogens with one attached hydrogen (secondary N) is 1. The van der Waals surface area contributed by atoms with E-state index in [1.165, 1.54) is 33.9 Å². The summed E-state index contributed by atoms with van der Waals surface area (Å²) >= 11 is 5.99. The van der Waals surface area contributed by atoms with E-state index >= 15 is 0 Å². The summed E-state index contributed by atoms with van der Waals surface area (Å²) in [6, 6.07) is 11.7. The average molecular weight is 476 g/mol. The Morgan fingerprint density at radius 2 is 1.91 bits per heavy atom. The van der Waals surface area contributed by atoms with Crippen molar-refractivity contribution in [3.05, 3.63) is 93.1 Å². The number of nitrogens with zero attached hydrogens (tertiary/aromatic N) is 4. The van der Waals surface area contributed by atoms with Gasteiger partial charge in [0.25, 0.3) is 11.5 Å². The van der Waals surface area contributed by atoms with Crippen LogP contribution >= 0.6 is 11.6 Å². The molecule has 170 valence electrons. The Hall–Kier alpha value is -3.66. The van der Waals surface area contributed by atoms with Gasteiger partial charge in [-0.25, -0.2) is 9.67 Å². The maximum atomic E-state index is 13.1. The summed E-state index contributed by atoms with van der Waals surface area (Å²) in [5, 5.41) is 7.43. The van der Waals surface area contributed by atoms with Gasteiger partial charge in [0, 0.05) is 11.6 Å². The lowest BCUT2D eigenvalue weighted by atomic mass is 10.1. The molecule has 0 unspecified atom stereocenters. The maximum Gasteiger partial charge on any atom is 0.417 e. The third kappa shape index (κ3) is 4.90. The summed E-state index contributed by atoms with van der Waals surface area (Å²) in [4.78, 5) is 29.4. The molecule has 0 saturated heterocycles. The van der Waals surface area contributed by atoms with Crippen LogP contribution in [0, 0.1) is 0 Å². The largest absolute Gasteiger partial charge is 0.417 e. The first-order valence-corrected chi connectivity index (χ1v) is 10.2. The fourth-order valence-corrected chi connectivity index (χ4v) is 3.62. The Morgan fingerprint density at radius 1 is 1.12 bits per heavy atom. The smallest absolute Gasteiger partial charge is 0.350 e. The van der Waals surface area contributed by atoms with Gasteiger partial charge < -0.3 is 5.32 Å². The van der Waals surface area contributed by atoms with Gasteiger partial charge in [0.05, 0.1) is 30.4 Å². The molecule has 2 aromatic carbocycles. The number of hydrogen-bond donors (Lipinski definition) is 1. The minimum absolute atomic E-state index is 0.00488. The zero-order chi connectivity index (χ0) is 23.6. The first-order chi connectivity index (χ1) is 15.7. The number of alkyl halides is 3. The molecular formula is C22H17ClF3N5O2. The molecule has 0 atom stereocenters. The van der Waals surface area contributed by atoms with Crippen molar-refractivity contribution < 1.29 is 18.0 Å². The number of rotatable bonds is 6. The Morgan fingerprint density at radius 3 is 2.67 bits per heavy atom.